The Hall–Kier alpha value is -2.60. The maximum atomic E-state index is 13.3. The van der Waals surface area contributed by atoms with Crippen LogP contribution in [0.15, 0.2) is 36.4 Å². The van der Waals surface area contributed by atoms with Gasteiger partial charge in [0.05, 0.1) is 20.8 Å². The molecular weight excluding hydrogens is 383 g/mol. The highest BCUT2D eigenvalue weighted by atomic mass is 19.1. The second-order valence-electron chi connectivity index (χ2n) is 8.77. The van der Waals surface area contributed by atoms with Crippen LogP contribution in [0.1, 0.15) is 43.5 Å². The van der Waals surface area contributed by atoms with Gasteiger partial charge in [0.25, 0.3) is 0 Å². The molecule has 1 heterocycles. The lowest BCUT2D eigenvalue weighted by atomic mass is 9.82. The van der Waals surface area contributed by atoms with E-state index < -0.39 is 0 Å². The molecule has 1 aliphatic rings. The van der Waals surface area contributed by atoms with E-state index in [0.29, 0.717) is 24.6 Å². The summed E-state index contributed by atoms with van der Waals surface area (Å²) in [5.74, 6) is 1.17. The third kappa shape index (κ3) is 4.93. The van der Waals surface area contributed by atoms with Crippen LogP contribution in [-0.2, 0) is 17.8 Å². The summed E-state index contributed by atoms with van der Waals surface area (Å²) in [6.07, 6.45) is 0.780. The van der Waals surface area contributed by atoms with Crippen molar-refractivity contribution < 1.29 is 18.7 Å². The SMILES string of the molecule is COc1cc2c(cc1OC)CN(C(=O)CNC(c1ccc(F)cc1)C(C)(C)C)CC2. The van der Waals surface area contributed by atoms with Gasteiger partial charge in [0.2, 0.25) is 5.91 Å². The predicted molar refractivity (Wildman–Crippen MR) is 115 cm³/mol. The van der Waals surface area contributed by atoms with Gasteiger partial charge in [-0.25, -0.2) is 4.39 Å². The van der Waals surface area contributed by atoms with E-state index in [1.165, 1.54) is 17.7 Å². The zero-order chi connectivity index (χ0) is 21.9. The molecule has 1 N–H and O–H groups in total. The van der Waals surface area contributed by atoms with Gasteiger partial charge in [-0.3, -0.25) is 4.79 Å². The molecule has 3 rings (SSSR count). The molecule has 6 heteroatoms. The summed E-state index contributed by atoms with van der Waals surface area (Å²) in [6.45, 7) is 7.76. The lowest BCUT2D eigenvalue weighted by Crippen LogP contribution is -2.43. The van der Waals surface area contributed by atoms with Crippen LogP contribution in [-0.4, -0.2) is 38.1 Å². The second-order valence-corrected chi connectivity index (χ2v) is 8.77. The van der Waals surface area contributed by atoms with E-state index in [-0.39, 0.29) is 29.7 Å². The molecular formula is C24H31FN2O3. The molecule has 0 bridgehead atoms. The smallest absolute Gasteiger partial charge is 0.236 e. The second kappa shape index (κ2) is 9.04. The van der Waals surface area contributed by atoms with Gasteiger partial charge in [0.15, 0.2) is 11.5 Å². The number of hydrogen-bond donors (Lipinski definition) is 1. The summed E-state index contributed by atoms with van der Waals surface area (Å²) in [5.41, 5.74) is 3.11. The van der Waals surface area contributed by atoms with Gasteiger partial charge in [-0.15, -0.1) is 0 Å². The fourth-order valence-electron chi connectivity index (χ4n) is 3.98. The standard InChI is InChI=1S/C24H31FN2O3/c1-24(2,3)23(16-6-8-19(25)9-7-16)26-14-22(28)27-11-10-17-12-20(29-4)21(30-5)13-18(17)15-27/h6-9,12-13,23,26H,10-11,14-15H2,1-5H3. The van der Waals surface area contributed by atoms with Crippen molar-refractivity contribution in [3.63, 3.8) is 0 Å². The summed E-state index contributed by atoms with van der Waals surface area (Å²) in [5, 5.41) is 3.40. The summed E-state index contributed by atoms with van der Waals surface area (Å²) < 4.78 is 24.1. The highest BCUT2D eigenvalue weighted by Gasteiger charge is 2.28. The molecule has 0 saturated heterocycles. The van der Waals surface area contributed by atoms with Crippen molar-refractivity contribution in [3.8, 4) is 11.5 Å². The Kier molecular flexibility index (Phi) is 6.66. The first-order valence-corrected chi connectivity index (χ1v) is 10.2. The number of carbonyl (C=O) groups is 1. The number of carbonyl (C=O) groups excluding carboxylic acids is 1. The maximum absolute atomic E-state index is 13.3. The Morgan fingerprint density at radius 1 is 1.10 bits per heavy atom. The van der Waals surface area contributed by atoms with Crippen molar-refractivity contribution in [1.82, 2.24) is 10.2 Å². The lowest BCUT2D eigenvalue weighted by Gasteiger charge is -2.34. The number of halogens is 1. The Morgan fingerprint density at radius 2 is 1.70 bits per heavy atom. The molecule has 30 heavy (non-hydrogen) atoms. The van der Waals surface area contributed by atoms with Gasteiger partial charge in [-0.2, -0.15) is 0 Å². The van der Waals surface area contributed by atoms with Crippen LogP contribution in [0.4, 0.5) is 4.39 Å². The third-order valence-corrected chi connectivity index (χ3v) is 5.60. The molecule has 0 saturated carbocycles. The molecule has 1 amide bonds. The molecule has 0 aliphatic carbocycles. The van der Waals surface area contributed by atoms with Crippen molar-refractivity contribution in [2.24, 2.45) is 5.41 Å². The number of nitrogens with zero attached hydrogens (tertiary/aromatic N) is 1. The number of ether oxygens (including phenoxy) is 2. The molecule has 162 valence electrons. The van der Waals surface area contributed by atoms with Crippen LogP contribution in [0.5, 0.6) is 11.5 Å². The Balaban J connectivity index is 1.69. The van der Waals surface area contributed by atoms with Gasteiger partial charge in [-0.1, -0.05) is 32.9 Å². The summed E-state index contributed by atoms with van der Waals surface area (Å²) >= 11 is 0. The van der Waals surface area contributed by atoms with Crippen LogP contribution in [0.2, 0.25) is 0 Å². The number of methoxy groups -OCH3 is 2. The monoisotopic (exact) mass is 414 g/mol. The van der Waals surface area contributed by atoms with E-state index in [1.54, 1.807) is 26.4 Å². The first-order valence-electron chi connectivity index (χ1n) is 10.2. The molecule has 0 aromatic heterocycles. The predicted octanol–water partition coefficient (Wildman–Crippen LogP) is 4.10. The van der Waals surface area contributed by atoms with Crippen molar-refractivity contribution in [2.45, 2.75) is 39.8 Å². The van der Waals surface area contributed by atoms with E-state index in [1.807, 2.05) is 17.0 Å². The summed E-state index contributed by atoms with van der Waals surface area (Å²) in [4.78, 5) is 14.8. The van der Waals surface area contributed by atoms with Gasteiger partial charge < -0.3 is 19.7 Å². The van der Waals surface area contributed by atoms with Crippen LogP contribution in [0.25, 0.3) is 0 Å². The van der Waals surface area contributed by atoms with Crippen molar-refractivity contribution in [3.05, 3.63) is 58.9 Å². The average Bonchev–Trinajstić information content (AvgIpc) is 2.72. The van der Waals surface area contributed by atoms with E-state index in [4.69, 9.17) is 9.47 Å². The van der Waals surface area contributed by atoms with Crippen molar-refractivity contribution in [1.29, 1.82) is 0 Å². The van der Waals surface area contributed by atoms with Gasteiger partial charge in [-0.05, 0) is 52.8 Å². The minimum atomic E-state index is -0.262. The summed E-state index contributed by atoms with van der Waals surface area (Å²) in [6, 6.07) is 10.4. The molecule has 1 atom stereocenters. The quantitative estimate of drug-likeness (QED) is 0.773. The molecule has 0 fully saturated rings. The minimum Gasteiger partial charge on any atom is -0.493 e. The number of fused-ring (bicyclic) bond motifs is 1. The summed E-state index contributed by atoms with van der Waals surface area (Å²) in [7, 11) is 3.24. The van der Waals surface area contributed by atoms with Gasteiger partial charge >= 0.3 is 0 Å². The lowest BCUT2D eigenvalue weighted by molar-refractivity contribution is -0.131. The Morgan fingerprint density at radius 3 is 2.27 bits per heavy atom. The average molecular weight is 415 g/mol. The number of nitrogens with one attached hydrogen (secondary N) is 1. The van der Waals surface area contributed by atoms with Crippen LogP contribution in [0, 0.1) is 11.2 Å². The highest BCUT2D eigenvalue weighted by Crippen LogP contribution is 2.34. The van der Waals surface area contributed by atoms with Crippen molar-refractivity contribution >= 4 is 5.91 Å². The Labute approximate surface area is 178 Å². The maximum Gasteiger partial charge on any atom is 0.236 e. The molecule has 1 aliphatic heterocycles. The van der Waals surface area contributed by atoms with Crippen LogP contribution in [0.3, 0.4) is 0 Å². The zero-order valence-electron chi connectivity index (χ0n) is 18.4. The van der Waals surface area contributed by atoms with Crippen LogP contribution < -0.4 is 14.8 Å². The van der Waals surface area contributed by atoms with Gasteiger partial charge in [0, 0.05) is 19.1 Å². The first-order chi connectivity index (χ1) is 14.2. The topological polar surface area (TPSA) is 50.8 Å². The van der Waals surface area contributed by atoms with E-state index >= 15 is 0 Å². The van der Waals surface area contributed by atoms with E-state index in [9.17, 15) is 9.18 Å². The Bertz CT molecular complexity index is 891. The fraction of sp³-hybridized carbons (Fsp3) is 0.458. The number of amides is 1. The normalized spacial score (nSPS) is 14.8. The molecule has 2 aromatic rings. The first kappa shape index (κ1) is 22.1. The van der Waals surface area contributed by atoms with Gasteiger partial charge in [0.1, 0.15) is 5.82 Å². The van der Waals surface area contributed by atoms with Crippen LogP contribution >= 0.6 is 0 Å². The molecule has 5 nitrogen and oxygen atoms in total. The van der Waals surface area contributed by atoms with E-state index in [2.05, 4.69) is 26.1 Å². The third-order valence-electron chi connectivity index (χ3n) is 5.60. The largest absolute Gasteiger partial charge is 0.493 e. The fourth-order valence-corrected chi connectivity index (χ4v) is 3.98. The molecule has 0 radical (unpaired) electrons. The number of rotatable bonds is 6. The molecule has 2 aromatic carbocycles. The zero-order valence-corrected chi connectivity index (χ0v) is 18.4. The number of hydrogen-bond acceptors (Lipinski definition) is 4. The molecule has 1 unspecified atom stereocenters. The number of benzene rings is 2. The minimum absolute atomic E-state index is 0.0480. The van der Waals surface area contributed by atoms with E-state index in [0.717, 1.165) is 17.5 Å². The van der Waals surface area contributed by atoms with Crippen molar-refractivity contribution in [2.75, 3.05) is 27.3 Å². The molecule has 0 spiro atoms. The highest BCUT2D eigenvalue weighted by molar-refractivity contribution is 5.78.